The van der Waals surface area contributed by atoms with Crippen molar-refractivity contribution in [2.75, 3.05) is 26.2 Å². The summed E-state index contributed by atoms with van der Waals surface area (Å²) in [4.78, 5) is 46.7. The molecule has 2 unspecified atom stereocenters. The van der Waals surface area contributed by atoms with Gasteiger partial charge in [0, 0.05) is 54.9 Å². The molecule has 2 N–H and O–H groups in total. The zero-order chi connectivity index (χ0) is 40.6. The number of allylic oxidation sites excluding steroid dienone is 1. The number of carbonyl (C=O) groups is 3. The Bertz CT molecular complexity index is 1800. The number of dihydropyridines is 1. The van der Waals surface area contributed by atoms with Gasteiger partial charge in [-0.05, 0) is 58.6 Å². The Hall–Kier alpha value is -4.12. The van der Waals surface area contributed by atoms with Crippen LogP contribution in [0.4, 0.5) is 26.3 Å². The molecular weight excluding hydrogens is 756 g/mol. The third kappa shape index (κ3) is 8.66. The van der Waals surface area contributed by atoms with E-state index < -0.39 is 75.2 Å². The summed E-state index contributed by atoms with van der Waals surface area (Å²) in [6, 6.07) is 5.11. The molecule has 1 aromatic carbocycles. The molecular formula is C38H45F6N3O7S. The minimum absolute atomic E-state index is 0.0212. The second-order valence-electron chi connectivity index (χ2n) is 15.0. The van der Waals surface area contributed by atoms with Crippen molar-refractivity contribution < 1.29 is 60.4 Å². The van der Waals surface area contributed by atoms with E-state index in [-0.39, 0.29) is 69.8 Å². The number of carboxylic acids is 1. The number of nitrogens with zero attached hydrogens (tertiary/aromatic N) is 3. The Morgan fingerprint density at radius 1 is 1.02 bits per heavy atom. The maximum absolute atomic E-state index is 15.0. The van der Waals surface area contributed by atoms with Gasteiger partial charge in [0.2, 0.25) is 11.5 Å². The number of amides is 2. The van der Waals surface area contributed by atoms with E-state index >= 15 is 0 Å². The van der Waals surface area contributed by atoms with Crippen molar-refractivity contribution in [3.63, 3.8) is 0 Å². The van der Waals surface area contributed by atoms with E-state index in [1.807, 2.05) is 0 Å². The van der Waals surface area contributed by atoms with Crippen LogP contribution in [0.15, 0.2) is 52.4 Å². The Morgan fingerprint density at radius 2 is 1.69 bits per heavy atom. The van der Waals surface area contributed by atoms with Gasteiger partial charge < -0.3 is 29.5 Å². The first-order chi connectivity index (χ1) is 25.6. The van der Waals surface area contributed by atoms with E-state index in [9.17, 15) is 50.9 Å². The highest BCUT2D eigenvalue weighted by Gasteiger charge is 2.58. The second-order valence-corrected chi connectivity index (χ2v) is 15.9. The van der Waals surface area contributed by atoms with Crippen molar-refractivity contribution >= 4 is 35.3 Å². The van der Waals surface area contributed by atoms with Gasteiger partial charge >= 0.3 is 18.3 Å². The first-order valence-electron chi connectivity index (χ1n) is 18.1. The zero-order valence-electron chi connectivity index (χ0n) is 30.9. The van der Waals surface area contributed by atoms with Crippen molar-refractivity contribution in [3.8, 4) is 11.5 Å². The summed E-state index contributed by atoms with van der Waals surface area (Å²) >= 11 is 0.363. The van der Waals surface area contributed by atoms with Crippen molar-refractivity contribution in [3.05, 3.63) is 57.8 Å². The first-order valence-corrected chi connectivity index (χ1v) is 19.0. The number of ether oxygens (including phenoxy) is 2. The van der Waals surface area contributed by atoms with Crippen molar-refractivity contribution in [1.29, 1.82) is 0 Å². The molecule has 2 aromatic rings. The lowest BCUT2D eigenvalue weighted by atomic mass is 9.77. The summed E-state index contributed by atoms with van der Waals surface area (Å²) in [7, 11) is 0. The number of aliphatic hydroxyl groups is 1. The van der Waals surface area contributed by atoms with Gasteiger partial charge in [0.05, 0.1) is 29.0 Å². The Kier molecular flexibility index (Phi) is 12.1. The molecule has 4 atom stereocenters. The molecule has 5 rings (SSSR count). The van der Waals surface area contributed by atoms with E-state index in [4.69, 9.17) is 9.47 Å². The van der Waals surface area contributed by atoms with Crippen LogP contribution < -0.4 is 9.47 Å². The third-order valence-electron chi connectivity index (χ3n) is 10.6. The van der Waals surface area contributed by atoms with Gasteiger partial charge in [0.25, 0.3) is 5.91 Å². The summed E-state index contributed by atoms with van der Waals surface area (Å²) in [5, 5.41) is 22.6. The summed E-state index contributed by atoms with van der Waals surface area (Å²) in [6.45, 7) is 5.80. The number of hydrogen-bond donors (Lipinski definition) is 2. The number of aliphatic imine (C=N–C) groups is 1. The molecule has 3 aliphatic rings. The fourth-order valence-corrected chi connectivity index (χ4v) is 8.24. The minimum atomic E-state index is -4.86. The molecule has 1 aromatic heterocycles. The highest BCUT2D eigenvalue weighted by atomic mass is 32.1. The normalized spacial score (nSPS) is 24.6. The fourth-order valence-electron chi connectivity index (χ4n) is 7.57. The standard InChI is InChI=1S/C38H45F6N3O7S/c1-5-9-28-36(54-24-20-29(55-21-24)38(42,43)44,13-8-17-47(28)31(48)30-23(2)45-16-12-26(30)37(39,40)41)32(49)46-18-14-35(52,15-19-46)25-10-6-7-11-27(25)53-22-34(3,4)33(50)51/h6-7,10-12,16,20-21,23,28,30,52H,5,8-9,13-15,17-19,22H2,1-4H3,(H,50,51)/t23?,28-,30?,36+/m1/s1. The predicted molar refractivity (Wildman–Crippen MR) is 191 cm³/mol. The van der Waals surface area contributed by atoms with Gasteiger partial charge in [-0.15, -0.1) is 11.3 Å². The Balaban J connectivity index is 1.49. The van der Waals surface area contributed by atoms with Crippen LogP contribution in [-0.4, -0.2) is 94.1 Å². The van der Waals surface area contributed by atoms with Crippen LogP contribution >= 0.6 is 11.3 Å². The topological polar surface area (TPSA) is 129 Å². The SMILES string of the molecule is CCC[C@H]1N(C(=O)C2C(C(F)(F)F)=CC=NC2C)CCC[C@@]1(Oc1csc(C(F)(F)F)c1)C(=O)N1CCC(O)(c2ccccc2OCC(C)(C)C(=O)O)CC1. The highest BCUT2D eigenvalue weighted by molar-refractivity contribution is 7.10. The predicted octanol–water partition coefficient (Wildman–Crippen LogP) is 7.25. The molecule has 0 radical (unpaired) electrons. The quantitative estimate of drug-likeness (QED) is 0.229. The summed E-state index contributed by atoms with van der Waals surface area (Å²) in [5.74, 6) is -4.39. The first kappa shape index (κ1) is 42.0. The number of carbonyl (C=O) groups excluding carboxylic acids is 2. The monoisotopic (exact) mass is 801 g/mol. The fraction of sp³-hybridized carbons (Fsp3) is 0.579. The largest absolute Gasteiger partial charge is 0.492 e. The van der Waals surface area contributed by atoms with Crippen molar-refractivity contribution in [2.24, 2.45) is 16.3 Å². The smallest absolute Gasteiger partial charge is 0.425 e. The van der Waals surface area contributed by atoms with Crippen LogP contribution in [-0.2, 0) is 26.2 Å². The molecule has 4 heterocycles. The van der Waals surface area contributed by atoms with Gasteiger partial charge in [-0.2, -0.15) is 26.3 Å². The van der Waals surface area contributed by atoms with Gasteiger partial charge in [-0.3, -0.25) is 19.4 Å². The molecule has 55 heavy (non-hydrogen) atoms. The lowest BCUT2D eigenvalue weighted by Crippen LogP contribution is -2.69. The number of aliphatic carboxylic acids is 1. The number of para-hydroxylation sites is 1. The number of carboxylic acid groups (broad SMARTS) is 1. The molecule has 2 fully saturated rings. The van der Waals surface area contributed by atoms with Crippen LogP contribution in [0.1, 0.15) is 76.7 Å². The Labute approximate surface area is 318 Å². The summed E-state index contributed by atoms with van der Waals surface area (Å²) in [6.07, 6.45) is -7.37. The molecule has 0 spiro atoms. The number of hydrogen-bond acceptors (Lipinski definition) is 8. The van der Waals surface area contributed by atoms with Crippen LogP contribution in [0, 0.1) is 11.3 Å². The molecule has 0 bridgehead atoms. The highest BCUT2D eigenvalue weighted by Crippen LogP contribution is 2.45. The van der Waals surface area contributed by atoms with Crippen molar-refractivity contribution in [2.45, 2.75) is 102 Å². The molecule has 17 heteroatoms. The van der Waals surface area contributed by atoms with Gasteiger partial charge in [0.15, 0.2) is 0 Å². The van der Waals surface area contributed by atoms with Gasteiger partial charge in [-0.1, -0.05) is 31.5 Å². The second kappa shape index (κ2) is 15.8. The number of piperidine rings is 2. The van der Waals surface area contributed by atoms with Crippen LogP contribution in [0.25, 0.3) is 0 Å². The number of rotatable bonds is 11. The molecule has 2 amide bonds. The molecule has 302 valence electrons. The third-order valence-corrected chi connectivity index (χ3v) is 11.6. The van der Waals surface area contributed by atoms with E-state index in [1.54, 1.807) is 31.2 Å². The molecule has 0 saturated carbocycles. The number of halogens is 6. The number of benzene rings is 1. The van der Waals surface area contributed by atoms with Crippen molar-refractivity contribution in [1.82, 2.24) is 9.80 Å². The molecule has 10 nitrogen and oxygen atoms in total. The number of likely N-dealkylation sites (tertiary alicyclic amines) is 2. The lowest BCUT2D eigenvalue weighted by molar-refractivity contribution is -0.171. The van der Waals surface area contributed by atoms with E-state index in [0.29, 0.717) is 23.3 Å². The molecule has 3 aliphatic heterocycles. The van der Waals surface area contributed by atoms with E-state index in [2.05, 4.69) is 4.99 Å². The maximum atomic E-state index is 15.0. The van der Waals surface area contributed by atoms with E-state index in [0.717, 1.165) is 23.7 Å². The summed E-state index contributed by atoms with van der Waals surface area (Å²) < 4.78 is 96.1. The number of alkyl halides is 6. The maximum Gasteiger partial charge on any atom is 0.425 e. The lowest BCUT2D eigenvalue weighted by Gasteiger charge is -2.51. The zero-order valence-corrected chi connectivity index (χ0v) is 31.7. The van der Waals surface area contributed by atoms with E-state index in [1.165, 1.54) is 30.6 Å². The minimum Gasteiger partial charge on any atom is -0.492 e. The Morgan fingerprint density at radius 3 is 2.29 bits per heavy atom. The van der Waals surface area contributed by atoms with Gasteiger partial charge in [0.1, 0.15) is 23.0 Å². The van der Waals surface area contributed by atoms with Crippen LogP contribution in [0.5, 0.6) is 11.5 Å². The average Bonchev–Trinajstić information content (AvgIpc) is 3.60. The van der Waals surface area contributed by atoms with Crippen LogP contribution in [0.3, 0.4) is 0 Å². The summed E-state index contributed by atoms with van der Waals surface area (Å²) in [5.41, 5.74) is -5.46. The molecule has 2 saturated heterocycles. The average molecular weight is 802 g/mol. The van der Waals surface area contributed by atoms with Gasteiger partial charge in [-0.25, -0.2) is 0 Å². The van der Waals surface area contributed by atoms with Crippen LogP contribution in [0.2, 0.25) is 0 Å². The number of thiophene rings is 1. The molecule has 0 aliphatic carbocycles.